The van der Waals surface area contributed by atoms with Crippen molar-refractivity contribution in [3.05, 3.63) is 54.1 Å². The van der Waals surface area contributed by atoms with Crippen LogP contribution < -0.4 is 13.6 Å². The molecule has 146 valence electrons. The van der Waals surface area contributed by atoms with Gasteiger partial charge in [0.2, 0.25) is 9.03 Å². The molecule has 0 bridgehead atoms. The molecule has 2 aromatic carbocycles. The maximum absolute atomic E-state index is 5.82. The molecule has 1 atom stereocenters. The Morgan fingerprint density at radius 2 is 1.52 bits per heavy atom. The lowest BCUT2D eigenvalue weighted by molar-refractivity contribution is 0.255. The molecule has 0 N–H and O–H groups in total. The average Bonchev–Trinajstić information content (AvgIpc) is 3.06. The van der Waals surface area contributed by atoms with E-state index < -0.39 is 8.60 Å². The second kappa shape index (κ2) is 9.71. The zero-order chi connectivity index (χ0) is 19.1. The van der Waals surface area contributed by atoms with E-state index in [0.29, 0.717) is 13.2 Å². The smallest absolute Gasteiger partial charge is 0.449 e. The van der Waals surface area contributed by atoms with E-state index in [-0.39, 0.29) is 14.4 Å². The van der Waals surface area contributed by atoms with Crippen molar-refractivity contribution in [2.75, 3.05) is 13.2 Å². The van der Waals surface area contributed by atoms with Crippen molar-refractivity contribution in [2.24, 2.45) is 0 Å². The van der Waals surface area contributed by atoms with Crippen molar-refractivity contribution in [3.8, 4) is 17.2 Å². The Labute approximate surface area is 164 Å². The minimum absolute atomic E-state index is 0.00558. The van der Waals surface area contributed by atoms with Crippen LogP contribution in [0.4, 0.5) is 0 Å². The van der Waals surface area contributed by atoms with Crippen LogP contribution in [0.2, 0.25) is 0 Å². The predicted octanol–water partition coefficient (Wildman–Crippen LogP) is 6.38. The molecular formula is C20H26O5P2. The number of para-hydroxylation sites is 3. The maximum Gasteiger partial charge on any atom is 0.463 e. The van der Waals surface area contributed by atoms with Gasteiger partial charge in [0.1, 0.15) is 5.75 Å². The minimum Gasteiger partial charge on any atom is -0.449 e. The van der Waals surface area contributed by atoms with Gasteiger partial charge in [-0.2, -0.15) is 0 Å². The van der Waals surface area contributed by atoms with Crippen LogP contribution in [-0.2, 0) is 14.5 Å². The third-order valence-electron chi connectivity index (χ3n) is 3.94. The van der Waals surface area contributed by atoms with E-state index in [1.165, 1.54) is 5.56 Å². The molecule has 1 heterocycles. The van der Waals surface area contributed by atoms with Gasteiger partial charge in [-0.15, -0.1) is 0 Å². The van der Waals surface area contributed by atoms with Gasteiger partial charge in [0.25, 0.3) is 0 Å². The first-order valence-electron chi connectivity index (χ1n) is 9.05. The largest absolute Gasteiger partial charge is 0.463 e. The third-order valence-corrected chi connectivity index (χ3v) is 5.65. The standard InChI is InChI=1S/C20H26O5P2/c1-20(2,3)16-10-4-5-11-17(16)23-26-21-14-8-9-15-22-27-24-18-12-6-7-13-19(18)25-27/h4-7,10-13,26H,8-9,14-15H2,1-3H3. The Morgan fingerprint density at radius 3 is 2.22 bits per heavy atom. The van der Waals surface area contributed by atoms with Gasteiger partial charge >= 0.3 is 8.60 Å². The lowest BCUT2D eigenvalue weighted by Gasteiger charge is -2.22. The first-order chi connectivity index (χ1) is 13.0. The molecule has 0 fully saturated rings. The number of unbranched alkanes of at least 4 members (excludes halogenated alkanes) is 1. The number of fused-ring (bicyclic) bond motifs is 1. The number of hydrogen-bond acceptors (Lipinski definition) is 5. The Kier molecular flexibility index (Phi) is 7.32. The minimum atomic E-state index is -1.31. The summed E-state index contributed by atoms with van der Waals surface area (Å²) < 4.78 is 28.3. The summed E-state index contributed by atoms with van der Waals surface area (Å²) >= 11 is 0. The summed E-state index contributed by atoms with van der Waals surface area (Å²) in [7, 11) is -1.31. The van der Waals surface area contributed by atoms with Crippen molar-refractivity contribution in [1.29, 1.82) is 0 Å². The van der Waals surface area contributed by atoms with Crippen LogP contribution in [0.1, 0.15) is 39.2 Å². The molecule has 0 saturated heterocycles. The van der Waals surface area contributed by atoms with Crippen molar-refractivity contribution < 1.29 is 22.6 Å². The molecule has 2 aromatic rings. The average molecular weight is 408 g/mol. The van der Waals surface area contributed by atoms with Crippen LogP contribution in [0.5, 0.6) is 17.2 Å². The normalized spacial score (nSPS) is 14.2. The van der Waals surface area contributed by atoms with Crippen LogP contribution >= 0.6 is 17.6 Å². The summed E-state index contributed by atoms with van der Waals surface area (Å²) in [5.74, 6) is 2.39. The van der Waals surface area contributed by atoms with Gasteiger partial charge in [-0.3, -0.25) is 4.52 Å². The number of hydrogen-bond donors (Lipinski definition) is 0. The lowest BCUT2D eigenvalue weighted by atomic mass is 9.86. The summed E-state index contributed by atoms with van der Waals surface area (Å²) in [5, 5.41) is 0. The van der Waals surface area contributed by atoms with E-state index in [9.17, 15) is 0 Å². The van der Waals surface area contributed by atoms with E-state index in [1.54, 1.807) is 0 Å². The topological polar surface area (TPSA) is 46.2 Å². The molecule has 5 nitrogen and oxygen atoms in total. The van der Waals surface area contributed by atoms with E-state index in [0.717, 1.165) is 30.1 Å². The van der Waals surface area contributed by atoms with E-state index >= 15 is 0 Å². The predicted molar refractivity (Wildman–Crippen MR) is 110 cm³/mol. The fraction of sp³-hybridized carbons (Fsp3) is 0.400. The van der Waals surface area contributed by atoms with E-state index in [1.807, 2.05) is 42.5 Å². The first kappa shape index (κ1) is 20.4. The number of rotatable bonds is 9. The molecule has 1 aliphatic rings. The Balaban J connectivity index is 1.26. The van der Waals surface area contributed by atoms with Gasteiger partial charge in [-0.1, -0.05) is 51.1 Å². The van der Waals surface area contributed by atoms with Crippen molar-refractivity contribution >= 4 is 17.6 Å². The monoisotopic (exact) mass is 408 g/mol. The van der Waals surface area contributed by atoms with Crippen molar-refractivity contribution in [3.63, 3.8) is 0 Å². The summed E-state index contributed by atoms with van der Waals surface area (Å²) in [6.45, 7) is 7.75. The Hall–Kier alpha value is -1.38. The summed E-state index contributed by atoms with van der Waals surface area (Å²) in [6.07, 6.45) is 1.78. The first-order valence-corrected chi connectivity index (χ1v) is 11.0. The van der Waals surface area contributed by atoms with Crippen LogP contribution in [0.25, 0.3) is 0 Å². The Morgan fingerprint density at radius 1 is 0.889 bits per heavy atom. The third kappa shape index (κ3) is 6.05. The van der Waals surface area contributed by atoms with Gasteiger partial charge < -0.3 is 18.1 Å². The molecule has 1 unspecified atom stereocenters. The molecule has 0 aromatic heterocycles. The highest BCUT2D eigenvalue weighted by molar-refractivity contribution is 7.43. The zero-order valence-electron chi connectivity index (χ0n) is 15.9. The highest BCUT2D eigenvalue weighted by atomic mass is 31.2. The highest BCUT2D eigenvalue weighted by Gasteiger charge is 2.27. The van der Waals surface area contributed by atoms with E-state index in [4.69, 9.17) is 22.6 Å². The second-order valence-electron chi connectivity index (χ2n) is 7.17. The maximum atomic E-state index is 5.82. The molecular weight excluding hydrogens is 382 g/mol. The molecule has 27 heavy (non-hydrogen) atoms. The summed E-state index contributed by atoms with van der Waals surface area (Å²) in [4.78, 5) is 0. The molecule has 7 heteroatoms. The molecule has 0 radical (unpaired) electrons. The summed E-state index contributed by atoms with van der Waals surface area (Å²) in [6, 6.07) is 15.7. The molecule has 0 spiro atoms. The van der Waals surface area contributed by atoms with Crippen LogP contribution in [0.3, 0.4) is 0 Å². The van der Waals surface area contributed by atoms with Crippen LogP contribution in [-0.4, -0.2) is 13.2 Å². The van der Waals surface area contributed by atoms with Gasteiger partial charge in [0.05, 0.1) is 13.2 Å². The second-order valence-corrected chi connectivity index (χ2v) is 8.90. The van der Waals surface area contributed by atoms with Crippen LogP contribution in [0.15, 0.2) is 48.5 Å². The molecule has 0 aliphatic carbocycles. The zero-order valence-corrected chi connectivity index (χ0v) is 17.8. The van der Waals surface area contributed by atoms with Gasteiger partial charge in [-0.25, -0.2) is 0 Å². The van der Waals surface area contributed by atoms with Crippen LogP contribution in [0, 0.1) is 0 Å². The fourth-order valence-corrected chi connectivity index (χ4v) is 4.14. The SMILES string of the molecule is CC(C)(C)c1ccccc1OPOCCCCOP1Oc2ccccc2O1. The summed E-state index contributed by atoms with van der Waals surface area (Å²) in [5.41, 5.74) is 1.24. The lowest BCUT2D eigenvalue weighted by Crippen LogP contribution is -2.12. The van der Waals surface area contributed by atoms with Crippen molar-refractivity contribution in [1.82, 2.24) is 0 Å². The van der Waals surface area contributed by atoms with Gasteiger partial charge in [-0.05, 0) is 42.0 Å². The molecule has 0 amide bonds. The molecule has 3 rings (SSSR count). The van der Waals surface area contributed by atoms with Gasteiger partial charge in [0.15, 0.2) is 11.5 Å². The quantitative estimate of drug-likeness (QED) is 0.356. The number of benzene rings is 2. The Bertz CT molecular complexity index is 707. The molecule has 1 aliphatic heterocycles. The van der Waals surface area contributed by atoms with Crippen molar-refractivity contribution in [2.45, 2.75) is 39.0 Å². The van der Waals surface area contributed by atoms with E-state index in [2.05, 4.69) is 26.8 Å². The highest BCUT2D eigenvalue weighted by Crippen LogP contribution is 2.52. The molecule has 0 saturated carbocycles. The fourth-order valence-electron chi connectivity index (χ4n) is 2.54. The van der Waals surface area contributed by atoms with Gasteiger partial charge in [0, 0.05) is 0 Å².